The Bertz CT molecular complexity index is 1010. The summed E-state index contributed by atoms with van der Waals surface area (Å²) in [5, 5.41) is 10.1. The number of hydrogen-bond donors (Lipinski definition) is 2. The molecule has 0 aliphatic heterocycles. The topological polar surface area (TPSA) is 88.9 Å². The molecule has 0 spiro atoms. The number of carbonyl (C=O) groups is 2. The average Bonchev–Trinajstić information content (AvgIpc) is 3.22. The zero-order valence-corrected chi connectivity index (χ0v) is 15.2. The van der Waals surface area contributed by atoms with Crippen molar-refractivity contribution >= 4 is 33.8 Å². The van der Waals surface area contributed by atoms with E-state index in [1.165, 1.54) is 40.8 Å². The van der Waals surface area contributed by atoms with Gasteiger partial charge in [-0.2, -0.15) is 5.10 Å². The van der Waals surface area contributed by atoms with E-state index in [0.29, 0.717) is 15.6 Å². The molecule has 2 N–H and O–H groups in total. The highest BCUT2D eigenvalue weighted by Crippen LogP contribution is 2.33. The molecule has 1 aliphatic carbocycles. The van der Waals surface area contributed by atoms with Gasteiger partial charge in [-0.15, -0.1) is 11.3 Å². The molecule has 3 aromatic rings. The summed E-state index contributed by atoms with van der Waals surface area (Å²) in [6, 6.07) is 6.11. The first-order chi connectivity index (χ1) is 13.0. The quantitative estimate of drug-likeness (QED) is 0.705. The number of thiophene rings is 1. The maximum atomic E-state index is 14.3. The average molecular weight is 385 g/mol. The summed E-state index contributed by atoms with van der Waals surface area (Å²) >= 11 is 1.21. The Balaban J connectivity index is 1.48. The smallest absolute Gasteiger partial charge is 0.266 e. The van der Waals surface area contributed by atoms with Crippen LogP contribution in [0.25, 0.3) is 5.69 Å². The fourth-order valence-corrected chi connectivity index (χ4v) is 3.60. The minimum Gasteiger partial charge on any atom is -0.321 e. The van der Waals surface area contributed by atoms with Crippen LogP contribution in [0, 0.1) is 18.7 Å². The van der Waals surface area contributed by atoms with Gasteiger partial charge in [-0.05, 0) is 49.6 Å². The number of carbonyl (C=O) groups excluding carboxylic acids is 2. The van der Waals surface area contributed by atoms with E-state index in [0.717, 1.165) is 18.4 Å². The minimum atomic E-state index is -0.529. The number of nitrogens with zero attached hydrogens (tertiary/aromatic N) is 3. The lowest BCUT2D eigenvalue weighted by molar-refractivity contribution is -0.117. The van der Waals surface area contributed by atoms with Crippen molar-refractivity contribution in [1.82, 2.24) is 14.8 Å². The molecule has 0 unspecified atom stereocenters. The van der Waals surface area contributed by atoms with Gasteiger partial charge in [0.05, 0.1) is 9.88 Å². The highest BCUT2D eigenvalue weighted by molar-refractivity contribution is 7.18. The van der Waals surface area contributed by atoms with Crippen LogP contribution < -0.4 is 10.6 Å². The summed E-state index contributed by atoms with van der Waals surface area (Å²) in [6.45, 7) is 1.80. The van der Waals surface area contributed by atoms with Gasteiger partial charge >= 0.3 is 0 Å². The summed E-state index contributed by atoms with van der Waals surface area (Å²) < 4.78 is 15.6. The Morgan fingerprint density at radius 3 is 2.74 bits per heavy atom. The molecular formula is C18H16FN5O2S. The first-order valence-corrected chi connectivity index (χ1v) is 9.20. The van der Waals surface area contributed by atoms with Crippen molar-refractivity contribution in [3.05, 3.63) is 53.2 Å². The maximum absolute atomic E-state index is 14.3. The lowest BCUT2D eigenvalue weighted by Gasteiger charge is -2.07. The van der Waals surface area contributed by atoms with Crippen LogP contribution in [0.2, 0.25) is 0 Å². The third-order valence-corrected chi connectivity index (χ3v) is 5.34. The maximum Gasteiger partial charge on any atom is 0.266 e. The fourth-order valence-electron chi connectivity index (χ4n) is 2.63. The van der Waals surface area contributed by atoms with Crippen molar-refractivity contribution in [2.45, 2.75) is 19.8 Å². The van der Waals surface area contributed by atoms with Crippen molar-refractivity contribution < 1.29 is 14.0 Å². The Hall–Kier alpha value is -3.07. The summed E-state index contributed by atoms with van der Waals surface area (Å²) in [4.78, 5) is 28.7. The van der Waals surface area contributed by atoms with Crippen molar-refractivity contribution in [2.24, 2.45) is 5.92 Å². The van der Waals surface area contributed by atoms with E-state index in [9.17, 15) is 14.0 Å². The van der Waals surface area contributed by atoms with Gasteiger partial charge in [-0.25, -0.2) is 14.1 Å². The normalized spacial score (nSPS) is 13.4. The first-order valence-electron chi connectivity index (χ1n) is 8.38. The standard InChI is InChI=1S/C18H16FN5O2S/c1-10-6-15(23-17(25)11-2-3-11)27-16(10)18(26)22-12-4-5-14(13(19)7-12)24-9-20-8-21-24/h4-9,11H,2-3H2,1H3,(H,22,26)(H,23,25). The highest BCUT2D eigenvalue weighted by Gasteiger charge is 2.30. The van der Waals surface area contributed by atoms with Crippen LogP contribution >= 0.6 is 11.3 Å². The van der Waals surface area contributed by atoms with Gasteiger partial charge in [0.25, 0.3) is 5.91 Å². The van der Waals surface area contributed by atoms with E-state index in [1.54, 1.807) is 19.1 Å². The lowest BCUT2D eigenvalue weighted by atomic mass is 10.2. The Morgan fingerprint density at radius 2 is 2.07 bits per heavy atom. The molecule has 1 saturated carbocycles. The highest BCUT2D eigenvalue weighted by atomic mass is 32.1. The van der Waals surface area contributed by atoms with Gasteiger partial charge in [0, 0.05) is 11.6 Å². The zero-order valence-electron chi connectivity index (χ0n) is 14.4. The van der Waals surface area contributed by atoms with E-state index in [1.807, 2.05) is 0 Å². The number of amides is 2. The number of anilines is 2. The molecule has 2 amide bonds. The molecule has 0 atom stereocenters. The number of aromatic nitrogens is 3. The number of rotatable bonds is 5. The Morgan fingerprint density at radius 1 is 1.26 bits per heavy atom. The molecule has 9 heteroatoms. The van der Waals surface area contributed by atoms with Crippen LogP contribution in [-0.2, 0) is 4.79 Å². The molecule has 138 valence electrons. The summed E-state index contributed by atoms with van der Waals surface area (Å²) in [7, 11) is 0. The van der Waals surface area contributed by atoms with Gasteiger partial charge in [-0.1, -0.05) is 0 Å². The fraction of sp³-hybridized carbons (Fsp3) is 0.222. The zero-order chi connectivity index (χ0) is 19.0. The van der Waals surface area contributed by atoms with Gasteiger partial charge in [0.15, 0.2) is 5.82 Å². The molecule has 2 aromatic heterocycles. The largest absolute Gasteiger partial charge is 0.321 e. The van der Waals surface area contributed by atoms with Gasteiger partial charge in [-0.3, -0.25) is 9.59 Å². The number of aryl methyl sites for hydroxylation is 1. The van der Waals surface area contributed by atoms with Crippen molar-refractivity contribution in [2.75, 3.05) is 10.6 Å². The molecular weight excluding hydrogens is 369 g/mol. The van der Waals surface area contributed by atoms with Crippen LogP contribution in [0.5, 0.6) is 0 Å². The lowest BCUT2D eigenvalue weighted by Crippen LogP contribution is -2.12. The van der Waals surface area contributed by atoms with Crippen LogP contribution in [0.4, 0.5) is 15.1 Å². The van der Waals surface area contributed by atoms with Crippen molar-refractivity contribution in [3.8, 4) is 5.69 Å². The number of benzene rings is 1. The van der Waals surface area contributed by atoms with Crippen LogP contribution in [-0.4, -0.2) is 26.6 Å². The monoisotopic (exact) mass is 385 g/mol. The second kappa shape index (κ2) is 6.92. The molecule has 27 heavy (non-hydrogen) atoms. The minimum absolute atomic E-state index is 0.00557. The predicted octanol–water partition coefficient (Wildman–Crippen LogP) is 3.38. The Labute approximate surface area is 158 Å². The van der Waals surface area contributed by atoms with Crippen molar-refractivity contribution in [3.63, 3.8) is 0 Å². The predicted molar refractivity (Wildman–Crippen MR) is 99.7 cm³/mol. The van der Waals surface area contributed by atoms with Crippen LogP contribution in [0.15, 0.2) is 36.9 Å². The molecule has 2 heterocycles. The van der Waals surface area contributed by atoms with E-state index in [4.69, 9.17) is 0 Å². The summed E-state index contributed by atoms with van der Waals surface area (Å²) in [5.41, 5.74) is 1.32. The van der Waals surface area contributed by atoms with E-state index >= 15 is 0 Å². The second-order valence-corrected chi connectivity index (χ2v) is 7.40. The third kappa shape index (κ3) is 3.72. The van der Waals surface area contributed by atoms with E-state index in [-0.39, 0.29) is 23.4 Å². The molecule has 0 saturated heterocycles. The molecule has 0 radical (unpaired) electrons. The molecule has 4 rings (SSSR count). The molecule has 1 aliphatic rings. The number of hydrogen-bond acceptors (Lipinski definition) is 5. The Kier molecular flexibility index (Phi) is 4.44. The molecule has 7 nitrogen and oxygen atoms in total. The van der Waals surface area contributed by atoms with Gasteiger partial charge in [0.2, 0.25) is 5.91 Å². The third-order valence-electron chi connectivity index (χ3n) is 4.19. The van der Waals surface area contributed by atoms with Crippen LogP contribution in [0.3, 0.4) is 0 Å². The van der Waals surface area contributed by atoms with Gasteiger partial charge < -0.3 is 10.6 Å². The molecule has 1 fully saturated rings. The second-order valence-electron chi connectivity index (χ2n) is 6.35. The van der Waals surface area contributed by atoms with E-state index < -0.39 is 5.82 Å². The van der Waals surface area contributed by atoms with Crippen LogP contribution in [0.1, 0.15) is 28.1 Å². The SMILES string of the molecule is Cc1cc(NC(=O)C2CC2)sc1C(=O)Nc1ccc(-n2cncn2)c(F)c1. The molecule has 1 aromatic carbocycles. The number of nitrogens with one attached hydrogen (secondary N) is 2. The molecule has 0 bridgehead atoms. The first kappa shape index (κ1) is 17.3. The number of halogens is 1. The summed E-state index contributed by atoms with van der Waals surface area (Å²) in [5.74, 6) is -0.791. The van der Waals surface area contributed by atoms with Gasteiger partial charge in [0.1, 0.15) is 18.3 Å². The van der Waals surface area contributed by atoms with Crippen molar-refractivity contribution in [1.29, 1.82) is 0 Å². The van der Waals surface area contributed by atoms with E-state index in [2.05, 4.69) is 20.7 Å². The summed E-state index contributed by atoms with van der Waals surface area (Å²) in [6.07, 6.45) is 4.54.